The minimum Gasteiger partial charge on any atom is -0.487 e. The molecule has 0 radical (unpaired) electrons. The molecule has 0 saturated carbocycles. The van der Waals surface area contributed by atoms with Crippen LogP contribution in [0.3, 0.4) is 0 Å². The summed E-state index contributed by atoms with van der Waals surface area (Å²) in [5.74, 6) is 1.92. The number of rotatable bonds is 4. The van der Waals surface area contributed by atoms with Gasteiger partial charge in [0.15, 0.2) is 0 Å². The smallest absolute Gasteiger partial charge is 0.146 e. The maximum Gasteiger partial charge on any atom is 0.146 e. The number of aromatic nitrogens is 1. The molecule has 3 heteroatoms. The number of nitrogens with zero attached hydrogens (tertiary/aromatic N) is 2. The van der Waals surface area contributed by atoms with Crippen LogP contribution in [0.4, 0.5) is 5.82 Å². The van der Waals surface area contributed by atoms with Crippen molar-refractivity contribution in [3.63, 3.8) is 0 Å². The van der Waals surface area contributed by atoms with Crippen LogP contribution in [0.2, 0.25) is 0 Å². The van der Waals surface area contributed by atoms with Gasteiger partial charge >= 0.3 is 0 Å². The number of piperidine rings is 1. The molecule has 1 saturated heterocycles. The molecule has 1 aliphatic heterocycles. The molecule has 3 aromatic rings. The first-order chi connectivity index (χ1) is 11.9. The van der Waals surface area contributed by atoms with Gasteiger partial charge in [0, 0.05) is 18.5 Å². The zero-order valence-electron chi connectivity index (χ0n) is 13.8. The van der Waals surface area contributed by atoms with Gasteiger partial charge in [0.2, 0.25) is 0 Å². The normalized spacial score (nSPS) is 14.8. The Kier molecular flexibility index (Phi) is 4.32. The van der Waals surface area contributed by atoms with Crippen molar-refractivity contribution in [3.05, 3.63) is 66.2 Å². The van der Waals surface area contributed by atoms with Crippen molar-refractivity contribution in [3.8, 4) is 5.75 Å². The molecule has 0 bridgehead atoms. The molecule has 0 N–H and O–H groups in total. The highest BCUT2D eigenvalue weighted by molar-refractivity contribution is 5.86. The van der Waals surface area contributed by atoms with Crippen molar-refractivity contribution in [1.82, 2.24) is 4.98 Å². The number of pyridine rings is 1. The number of fused-ring (bicyclic) bond motifs is 1. The fourth-order valence-electron chi connectivity index (χ4n) is 3.26. The van der Waals surface area contributed by atoms with E-state index >= 15 is 0 Å². The van der Waals surface area contributed by atoms with E-state index < -0.39 is 0 Å². The molecule has 2 aromatic carbocycles. The van der Waals surface area contributed by atoms with Gasteiger partial charge in [0.05, 0.1) is 0 Å². The van der Waals surface area contributed by atoms with E-state index in [-0.39, 0.29) is 0 Å². The molecular weight excluding hydrogens is 296 g/mol. The van der Waals surface area contributed by atoms with Crippen LogP contribution in [0.1, 0.15) is 24.8 Å². The van der Waals surface area contributed by atoms with Crippen LogP contribution in [0.5, 0.6) is 5.75 Å². The van der Waals surface area contributed by atoms with Gasteiger partial charge in [-0.3, -0.25) is 0 Å². The van der Waals surface area contributed by atoms with E-state index in [1.165, 1.54) is 24.8 Å². The lowest BCUT2D eigenvalue weighted by molar-refractivity contribution is 0.309. The summed E-state index contributed by atoms with van der Waals surface area (Å²) in [5, 5.41) is 1.13. The second kappa shape index (κ2) is 6.91. The van der Waals surface area contributed by atoms with Gasteiger partial charge in [-0.1, -0.05) is 42.5 Å². The Morgan fingerprint density at radius 3 is 2.50 bits per heavy atom. The third kappa shape index (κ3) is 3.21. The van der Waals surface area contributed by atoms with Crippen LogP contribution in [-0.2, 0) is 6.61 Å². The van der Waals surface area contributed by atoms with Gasteiger partial charge in [-0.05, 0) is 43.0 Å². The van der Waals surface area contributed by atoms with Gasteiger partial charge in [-0.2, -0.15) is 0 Å². The Morgan fingerprint density at radius 1 is 0.833 bits per heavy atom. The number of para-hydroxylation sites is 1. The molecule has 4 rings (SSSR count). The highest BCUT2D eigenvalue weighted by atomic mass is 16.5. The van der Waals surface area contributed by atoms with E-state index in [0.717, 1.165) is 35.6 Å². The zero-order chi connectivity index (χ0) is 16.2. The van der Waals surface area contributed by atoms with Gasteiger partial charge in [0.25, 0.3) is 0 Å². The summed E-state index contributed by atoms with van der Waals surface area (Å²) in [7, 11) is 0. The largest absolute Gasteiger partial charge is 0.487 e. The number of hydrogen-bond donors (Lipinski definition) is 0. The van der Waals surface area contributed by atoms with Gasteiger partial charge < -0.3 is 9.64 Å². The first-order valence-corrected chi connectivity index (χ1v) is 8.72. The average molecular weight is 318 g/mol. The first kappa shape index (κ1) is 15.0. The zero-order valence-corrected chi connectivity index (χ0v) is 13.8. The standard InChI is InChI=1S/C21H22N2O/c1-3-8-17(9-4-1)16-24-19-11-7-10-18-12-13-20(22-21(18)19)23-14-5-2-6-15-23/h1,3-4,7-13H,2,5-6,14-16H2. The van der Waals surface area contributed by atoms with Crippen molar-refractivity contribution >= 4 is 16.7 Å². The SMILES string of the molecule is c1ccc(COc2cccc3ccc(N4CCCCC4)nc23)cc1. The summed E-state index contributed by atoms with van der Waals surface area (Å²) in [4.78, 5) is 7.30. The number of hydrogen-bond acceptors (Lipinski definition) is 3. The Labute approximate surface area is 142 Å². The molecule has 3 nitrogen and oxygen atoms in total. The Hall–Kier alpha value is -2.55. The topological polar surface area (TPSA) is 25.4 Å². The number of anilines is 1. The van der Waals surface area contributed by atoms with Crippen LogP contribution in [0.25, 0.3) is 10.9 Å². The third-order valence-electron chi connectivity index (χ3n) is 4.59. The van der Waals surface area contributed by atoms with Crippen LogP contribution in [0, 0.1) is 0 Å². The summed E-state index contributed by atoms with van der Waals surface area (Å²) in [6, 6.07) is 20.7. The van der Waals surface area contributed by atoms with Crippen LogP contribution in [-0.4, -0.2) is 18.1 Å². The van der Waals surface area contributed by atoms with Crippen LogP contribution < -0.4 is 9.64 Å². The highest BCUT2D eigenvalue weighted by Crippen LogP contribution is 2.28. The quantitative estimate of drug-likeness (QED) is 0.690. The van der Waals surface area contributed by atoms with Crippen molar-refractivity contribution in [2.75, 3.05) is 18.0 Å². The van der Waals surface area contributed by atoms with Crippen molar-refractivity contribution in [2.24, 2.45) is 0 Å². The van der Waals surface area contributed by atoms with Crippen LogP contribution >= 0.6 is 0 Å². The summed E-state index contributed by atoms with van der Waals surface area (Å²) in [5.41, 5.74) is 2.12. The molecule has 1 fully saturated rings. The van der Waals surface area contributed by atoms with Gasteiger partial charge in [0.1, 0.15) is 23.7 Å². The minimum absolute atomic E-state index is 0.565. The molecule has 1 aromatic heterocycles. The molecule has 2 heterocycles. The predicted molar refractivity (Wildman–Crippen MR) is 98.6 cm³/mol. The van der Waals surface area contributed by atoms with E-state index in [1.54, 1.807) is 0 Å². The van der Waals surface area contributed by atoms with Crippen molar-refractivity contribution in [1.29, 1.82) is 0 Å². The lowest BCUT2D eigenvalue weighted by atomic mass is 10.1. The maximum absolute atomic E-state index is 6.07. The average Bonchev–Trinajstić information content (AvgIpc) is 2.67. The summed E-state index contributed by atoms with van der Waals surface area (Å²) in [6.45, 7) is 2.77. The molecule has 0 atom stereocenters. The van der Waals surface area contributed by atoms with Crippen molar-refractivity contribution < 1.29 is 4.74 Å². The van der Waals surface area contributed by atoms with E-state index in [2.05, 4.69) is 35.2 Å². The highest BCUT2D eigenvalue weighted by Gasteiger charge is 2.13. The molecule has 24 heavy (non-hydrogen) atoms. The van der Waals surface area contributed by atoms with Gasteiger partial charge in [-0.25, -0.2) is 4.98 Å². The minimum atomic E-state index is 0.565. The summed E-state index contributed by atoms with van der Waals surface area (Å²) in [6.07, 6.45) is 3.84. The Balaban J connectivity index is 1.62. The molecule has 0 spiro atoms. The Morgan fingerprint density at radius 2 is 1.67 bits per heavy atom. The summed E-state index contributed by atoms with van der Waals surface area (Å²) >= 11 is 0. The lowest BCUT2D eigenvalue weighted by Crippen LogP contribution is -2.30. The van der Waals surface area contributed by atoms with E-state index in [0.29, 0.717) is 6.61 Å². The molecular formula is C21H22N2O. The van der Waals surface area contributed by atoms with E-state index in [1.807, 2.05) is 30.3 Å². The third-order valence-corrected chi connectivity index (χ3v) is 4.59. The van der Waals surface area contributed by atoms with Crippen molar-refractivity contribution in [2.45, 2.75) is 25.9 Å². The first-order valence-electron chi connectivity index (χ1n) is 8.72. The molecule has 0 aliphatic carbocycles. The fraction of sp³-hybridized carbons (Fsp3) is 0.286. The maximum atomic E-state index is 6.07. The molecule has 1 aliphatic rings. The molecule has 0 unspecified atom stereocenters. The van der Waals surface area contributed by atoms with E-state index in [9.17, 15) is 0 Å². The second-order valence-corrected chi connectivity index (χ2v) is 6.32. The van der Waals surface area contributed by atoms with Gasteiger partial charge in [-0.15, -0.1) is 0 Å². The number of benzene rings is 2. The van der Waals surface area contributed by atoms with Crippen LogP contribution in [0.15, 0.2) is 60.7 Å². The second-order valence-electron chi connectivity index (χ2n) is 6.32. The molecule has 0 amide bonds. The van der Waals surface area contributed by atoms with E-state index in [4.69, 9.17) is 9.72 Å². The number of ether oxygens (including phenoxy) is 1. The monoisotopic (exact) mass is 318 g/mol. The fourth-order valence-corrected chi connectivity index (χ4v) is 3.26. The predicted octanol–water partition coefficient (Wildman–Crippen LogP) is 4.80. The lowest BCUT2D eigenvalue weighted by Gasteiger charge is -2.28. The Bertz CT molecular complexity index is 810. The molecule has 122 valence electrons. The summed E-state index contributed by atoms with van der Waals surface area (Å²) < 4.78 is 6.07.